The van der Waals surface area contributed by atoms with Crippen molar-refractivity contribution in [3.05, 3.63) is 65.2 Å². The van der Waals surface area contributed by atoms with Gasteiger partial charge in [0.15, 0.2) is 0 Å². The molecule has 1 saturated carbocycles. The molecule has 0 atom stereocenters. The van der Waals surface area contributed by atoms with Gasteiger partial charge in [-0.1, -0.05) is 49.2 Å². The molecule has 6 nitrogen and oxygen atoms in total. The van der Waals surface area contributed by atoms with Gasteiger partial charge in [-0.15, -0.1) is 0 Å². The van der Waals surface area contributed by atoms with Gasteiger partial charge in [0.2, 0.25) is 10.0 Å². The molecule has 1 saturated heterocycles. The molecular formula is C26H35N3O3S. The van der Waals surface area contributed by atoms with Crippen LogP contribution in [0.2, 0.25) is 0 Å². The second-order valence-electron chi connectivity index (χ2n) is 9.49. The Bertz CT molecular complexity index is 1040. The van der Waals surface area contributed by atoms with E-state index in [0.717, 1.165) is 43.0 Å². The number of amides is 1. The summed E-state index contributed by atoms with van der Waals surface area (Å²) in [5.74, 6) is 0.654. The second kappa shape index (κ2) is 10.8. The summed E-state index contributed by atoms with van der Waals surface area (Å²) in [7, 11) is -3.72. The van der Waals surface area contributed by atoms with Crippen molar-refractivity contribution in [2.75, 3.05) is 19.6 Å². The molecule has 0 unspecified atom stereocenters. The summed E-state index contributed by atoms with van der Waals surface area (Å²) >= 11 is 0. The highest BCUT2D eigenvalue weighted by Crippen LogP contribution is 2.26. The largest absolute Gasteiger partial charge is 0.349 e. The number of nitrogens with zero attached hydrogens (tertiary/aromatic N) is 1. The van der Waals surface area contributed by atoms with Crippen molar-refractivity contribution in [2.45, 2.75) is 62.9 Å². The molecule has 4 rings (SSSR count). The van der Waals surface area contributed by atoms with Gasteiger partial charge in [-0.3, -0.25) is 4.79 Å². The van der Waals surface area contributed by atoms with E-state index in [2.05, 4.69) is 14.9 Å². The van der Waals surface area contributed by atoms with Crippen molar-refractivity contribution >= 4 is 15.9 Å². The zero-order chi connectivity index (χ0) is 23.3. The third-order valence-electron chi connectivity index (χ3n) is 6.99. The van der Waals surface area contributed by atoms with Crippen LogP contribution in [0.4, 0.5) is 0 Å². The molecule has 1 amide bonds. The lowest BCUT2D eigenvalue weighted by atomic mass is 10.0. The zero-order valence-corrected chi connectivity index (χ0v) is 20.2. The van der Waals surface area contributed by atoms with Crippen LogP contribution in [0.3, 0.4) is 0 Å². The molecule has 2 aromatic rings. The molecule has 2 aromatic carbocycles. The number of rotatable bonds is 8. The first-order valence-corrected chi connectivity index (χ1v) is 13.6. The van der Waals surface area contributed by atoms with Crippen LogP contribution in [0, 0.1) is 12.8 Å². The van der Waals surface area contributed by atoms with Crippen LogP contribution in [-0.4, -0.2) is 44.9 Å². The molecule has 1 aliphatic carbocycles. The lowest BCUT2D eigenvalue weighted by molar-refractivity contribution is 0.0905. The number of piperidine rings is 1. The van der Waals surface area contributed by atoms with E-state index in [1.165, 1.54) is 38.3 Å². The van der Waals surface area contributed by atoms with Crippen molar-refractivity contribution < 1.29 is 13.2 Å². The predicted octanol–water partition coefficient (Wildman–Crippen LogP) is 3.86. The van der Waals surface area contributed by atoms with Gasteiger partial charge in [-0.2, -0.15) is 0 Å². The van der Waals surface area contributed by atoms with E-state index in [1.54, 1.807) is 12.1 Å². The Kier molecular flexibility index (Phi) is 7.83. The van der Waals surface area contributed by atoms with Gasteiger partial charge in [-0.05, 0) is 61.8 Å². The fourth-order valence-corrected chi connectivity index (χ4v) is 6.00. The van der Waals surface area contributed by atoms with E-state index in [-0.39, 0.29) is 23.4 Å². The third kappa shape index (κ3) is 6.43. The zero-order valence-electron chi connectivity index (χ0n) is 19.4. The SMILES string of the molecule is Cc1ccc(S(=O)(=O)NCc2ccccc2)cc1C(=O)NC1CCN(CC2CCCC2)CC1. The number of benzene rings is 2. The summed E-state index contributed by atoms with van der Waals surface area (Å²) in [6.45, 7) is 5.26. The van der Waals surface area contributed by atoms with Crippen molar-refractivity contribution in [1.29, 1.82) is 0 Å². The first-order chi connectivity index (χ1) is 15.9. The van der Waals surface area contributed by atoms with Gasteiger partial charge in [0, 0.05) is 37.8 Å². The number of nitrogens with one attached hydrogen (secondary N) is 2. The lowest BCUT2D eigenvalue weighted by Gasteiger charge is -2.34. The van der Waals surface area contributed by atoms with E-state index < -0.39 is 10.0 Å². The Morgan fingerprint density at radius 2 is 1.70 bits per heavy atom. The Hall–Kier alpha value is -2.22. The summed E-state index contributed by atoms with van der Waals surface area (Å²) in [6.07, 6.45) is 7.33. The number of carbonyl (C=O) groups is 1. The predicted molar refractivity (Wildman–Crippen MR) is 131 cm³/mol. The molecule has 1 heterocycles. The summed E-state index contributed by atoms with van der Waals surface area (Å²) in [5, 5.41) is 3.15. The maximum absolute atomic E-state index is 13.0. The van der Waals surface area contributed by atoms with Gasteiger partial charge in [0.05, 0.1) is 4.90 Å². The number of carbonyl (C=O) groups excluding carboxylic acids is 1. The minimum atomic E-state index is -3.72. The highest BCUT2D eigenvalue weighted by atomic mass is 32.2. The molecule has 1 aliphatic heterocycles. The summed E-state index contributed by atoms with van der Waals surface area (Å²) in [4.78, 5) is 15.7. The Morgan fingerprint density at radius 1 is 1.00 bits per heavy atom. The van der Waals surface area contributed by atoms with Crippen LogP contribution in [0.25, 0.3) is 0 Å². The molecule has 178 valence electrons. The van der Waals surface area contributed by atoms with E-state index >= 15 is 0 Å². The molecule has 2 N–H and O–H groups in total. The van der Waals surface area contributed by atoms with Gasteiger partial charge >= 0.3 is 0 Å². The monoisotopic (exact) mass is 469 g/mol. The van der Waals surface area contributed by atoms with Crippen molar-refractivity contribution in [1.82, 2.24) is 14.9 Å². The Balaban J connectivity index is 1.34. The maximum Gasteiger partial charge on any atom is 0.251 e. The standard InChI is InChI=1S/C26H35N3O3S/c1-20-11-12-24(33(31,32)27-18-21-7-3-2-4-8-21)17-25(20)26(30)28-23-13-15-29(16-14-23)19-22-9-5-6-10-22/h2-4,7-8,11-12,17,22-23,27H,5-6,9-10,13-16,18-19H2,1H3,(H,28,30). The quantitative estimate of drug-likeness (QED) is 0.615. The van der Waals surface area contributed by atoms with Crippen LogP contribution < -0.4 is 10.0 Å². The highest BCUT2D eigenvalue weighted by Gasteiger charge is 2.25. The van der Waals surface area contributed by atoms with Crippen LogP contribution in [0.15, 0.2) is 53.4 Å². The van der Waals surface area contributed by atoms with Crippen LogP contribution in [0.1, 0.15) is 60.0 Å². The molecule has 2 fully saturated rings. The van der Waals surface area contributed by atoms with E-state index in [1.807, 2.05) is 37.3 Å². The molecule has 33 heavy (non-hydrogen) atoms. The number of likely N-dealkylation sites (tertiary alicyclic amines) is 1. The number of aryl methyl sites for hydroxylation is 1. The lowest BCUT2D eigenvalue weighted by Crippen LogP contribution is -2.45. The first-order valence-electron chi connectivity index (χ1n) is 12.1. The highest BCUT2D eigenvalue weighted by molar-refractivity contribution is 7.89. The Labute approximate surface area is 197 Å². The summed E-state index contributed by atoms with van der Waals surface area (Å²) in [6, 6.07) is 14.3. The van der Waals surface area contributed by atoms with E-state index in [4.69, 9.17) is 0 Å². The molecular weight excluding hydrogens is 434 g/mol. The molecule has 0 bridgehead atoms. The van der Waals surface area contributed by atoms with Gasteiger partial charge in [-0.25, -0.2) is 13.1 Å². The fraction of sp³-hybridized carbons (Fsp3) is 0.500. The van der Waals surface area contributed by atoms with Crippen LogP contribution in [0.5, 0.6) is 0 Å². The van der Waals surface area contributed by atoms with Gasteiger partial charge < -0.3 is 10.2 Å². The van der Waals surface area contributed by atoms with E-state index in [9.17, 15) is 13.2 Å². The van der Waals surface area contributed by atoms with E-state index in [0.29, 0.717) is 5.56 Å². The van der Waals surface area contributed by atoms with Gasteiger partial charge in [0.1, 0.15) is 0 Å². The molecule has 2 aliphatic rings. The molecule has 0 spiro atoms. The Morgan fingerprint density at radius 3 is 2.39 bits per heavy atom. The third-order valence-corrected chi connectivity index (χ3v) is 8.39. The summed E-state index contributed by atoms with van der Waals surface area (Å²) < 4.78 is 28.3. The normalized spacial score (nSPS) is 18.5. The minimum absolute atomic E-state index is 0.112. The van der Waals surface area contributed by atoms with Crippen LogP contribution >= 0.6 is 0 Å². The first kappa shape index (κ1) is 23.9. The van der Waals surface area contributed by atoms with Crippen LogP contribution in [-0.2, 0) is 16.6 Å². The number of hydrogen-bond acceptors (Lipinski definition) is 4. The maximum atomic E-state index is 13.0. The van der Waals surface area contributed by atoms with Crippen molar-refractivity contribution in [3.8, 4) is 0 Å². The number of hydrogen-bond donors (Lipinski definition) is 2. The molecule has 0 radical (unpaired) electrons. The fourth-order valence-electron chi connectivity index (χ4n) is 4.95. The van der Waals surface area contributed by atoms with Crippen molar-refractivity contribution in [2.24, 2.45) is 5.92 Å². The average molecular weight is 470 g/mol. The topological polar surface area (TPSA) is 78.5 Å². The van der Waals surface area contributed by atoms with Gasteiger partial charge in [0.25, 0.3) is 5.91 Å². The average Bonchev–Trinajstić information content (AvgIpc) is 3.33. The molecule has 0 aromatic heterocycles. The number of sulfonamides is 1. The second-order valence-corrected chi connectivity index (χ2v) is 11.3. The smallest absolute Gasteiger partial charge is 0.251 e. The summed E-state index contributed by atoms with van der Waals surface area (Å²) in [5.41, 5.74) is 2.07. The minimum Gasteiger partial charge on any atom is -0.349 e. The van der Waals surface area contributed by atoms with Crippen molar-refractivity contribution in [3.63, 3.8) is 0 Å². The molecule has 7 heteroatoms.